The van der Waals surface area contributed by atoms with E-state index >= 15 is 0 Å². The van der Waals surface area contributed by atoms with Gasteiger partial charge in [-0.3, -0.25) is 33.6 Å². The van der Waals surface area contributed by atoms with Crippen LogP contribution in [0.3, 0.4) is 0 Å². The third-order valence-electron chi connectivity index (χ3n) is 9.77. The Labute approximate surface area is 379 Å². The second-order valence-electron chi connectivity index (χ2n) is 14.7. The van der Waals surface area contributed by atoms with Crippen LogP contribution in [0.5, 0.6) is 0 Å². The van der Waals surface area contributed by atoms with Gasteiger partial charge in [0.25, 0.3) is 5.91 Å². The van der Waals surface area contributed by atoms with Gasteiger partial charge in [-0.25, -0.2) is 14.4 Å². The quantitative estimate of drug-likeness (QED) is 0.0185. The van der Waals surface area contributed by atoms with Gasteiger partial charge in [0.2, 0.25) is 17.6 Å². The van der Waals surface area contributed by atoms with E-state index in [1.807, 2.05) is 24.3 Å². The maximum absolute atomic E-state index is 13.9. The van der Waals surface area contributed by atoms with Crippen molar-refractivity contribution in [3.63, 3.8) is 0 Å². The number of ether oxygens (including phenoxy) is 2. The van der Waals surface area contributed by atoms with Crippen LogP contribution in [0.4, 0.5) is 25.8 Å². The Balaban J connectivity index is 1.42. The van der Waals surface area contributed by atoms with Gasteiger partial charge in [-0.1, -0.05) is 60.7 Å². The lowest BCUT2D eigenvalue weighted by molar-refractivity contribution is -0.118. The zero-order valence-corrected chi connectivity index (χ0v) is 36.0. The highest BCUT2D eigenvalue weighted by molar-refractivity contribution is 6.35. The number of rotatable bonds is 25. The lowest BCUT2D eigenvalue weighted by Gasteiger charge is -2.20. The van der Waals surface area contributed by atoms with Crippen molar-refractivity contribution in [1.29, 1.82) is 0 Å². The van der Waals surface area contributed by atoms with E-state index < -0.39 is 59.7 Å². The number of hydrogen-bond donors (Lipinski definition) is 7. The predicted molar refractivity (Wildman–Crippen MR) is 239 cm³/mol. The molecule has 4 aromatic rings. The third kappa shape index (κ3) is 16.8. The number of carboxylic acid groups (broad SMARTS) is 1. The van der Waals surface area contributed by atoms with Crippen LogP contribution in [0, 0.1) is 0 Å². The Morgan fingerprint density at radius 3 is 1.55 bits per heavy atom. The van der Waals surface area contributed by atoms with Crippen molar-refractivity contribution in [2.24, 2.45) is 0 Å². The highest BCUT2D eigenvalue weighted by atomic mass is 16.6. The first-order valence-corrected chi connectivity index (χ1v) is 20.8. The summed E-state index contributed by atoms with van der Waals surface area (Å²) in [5, 5.41) is 24.5. The van der Waals surface area contributed by atoms with E-state index in [1.54, 1.807) is 36.4 Å². The fraction of sp³-hybridized carbons (Fsp3) is 0.277. The van der Waals surface area contributed by atoms with Crippen LogP contribution < -0.4 is 31.9 Å². The third-order valence-corrected chi connectivity index (χ3v) is 9.77. The van der Waals surface area contributed by atoms with E-state index in [0.29, 0.717) is 25.5 Å². The van der Waals surface area contributed by atoms with Gasteiger partial charge in [0.05, 0.1) is 5.56 Å². The number of unbranched alkanes of at least 4 members (excludes halogenated alkanes) is 2. The van der Waals surface area contributed by atoms with Crippen LogP contribution in [0.15, 0.2) is 97.1 Å². The Morgan fingerprint density at radius 1 is 0.591 bits per heavy atom. The average Bonchev–Trinajstić information content (AvgIpc) is 3.31. The molecule has 0 fully saturated rings. The van der Waals surface area contributed by atoms with Gasteiger partial charge in [0.1, 0.15) is 25.3 Å². The predicted octanol–water partition coefficient (Wildman–Crippen LogP) is 5.59. The normalized spacial score (nSPS) is 11.3. The number of amides is 6. The summed E-state index contributed by atoms with van der Waals surface area (Å²) < 4.78 is 10.4. The molecule has 19 nitrogen and oxygen atoms in total. The zero-order valence-electron chi connectivity index (χ0n) is 36.0. The molecule has 66 heavy (non-hydrogen) atoms. The number of hydrogen-bond acceptors (Lipinski definition) is 12. The first-order valence-electron chi connectivity index (χ1n) is 20.8. The molecule has 0 bridgehead atoms. The average molecular weight is 907 g/mol. The van der Waals surface area contributed by atoms with Crippen molar-refractivity contribution in [3.05, 3.63) is 130 Å². The molecule has 346 valence electrons. The molecule has 0 saturated carbocycles. The van der Waals surface area contributed by atoms with Crippen LogP contribution in [0.1, 0.15) is 98.0 Å². The number of anilines is 2. The summed E-state index contributed by atoms with van der Waals surface area (Å²) >= 11 is 0. The van der Waals surface area contributed by atoms with Crippen LogP contribution in [0.2, 0.25) is 0 Å². The van der Waals surface area contributed by atoms with E-state index in [-0.39, 0.29) is 85.5 Å². The fourth-order valence-electron chi connectivity index (χ4n) is 6.39. The summed E-state index contributed by atoms with van der Waals surface area (Å²) in [4.78, 5) is 125. The van der Waals surface area contributed by atoms with Crippen molar-refractivity contribution in [3.8, 4) is 0 Å². The molecule has 2 unspecified atom stereocenters. The van der Waals surface area contributed by atoms with Crippen molar-refractivity contribution >= 4 is 71.5 Å². The molecule has 4 aromatic carbocycles. The van der Waals surface area contributed by atoms with Gasteiger partial charge in [-0.2, -0.15) is 0 Å². The molecular weight excluding hydrogens is 857 g/mol. The van der Waals surface area contributed by atoms with Gasteiger partial charge in [-0.15, -0.1) is 0 Å². The monoisotopic (exact) mass is 906 g/mol. The number of nitrogens with one attached hydrogen (secondary N) is 6. The molecule has 0 aliphatic carbocycles. The molecule has 0 saturated heterocycles. The first-order chi connectivity index (χ1) is 31.8. The zero-order chi connectivity index (χ0) is 47.8. The van der Waals surface area contributed by atoms with Crippen LogP contribution in [0.25, 0.3) is 0 Å². The SMILES string of the molecule is CC(=O)c1ccc(NC(=O)C(CCCCNC(=O)OCc2ccccc2)NC(=O)c2cc(NC(=O)C(CCCCNC(=O)OCc3ccccc3)NC(=O)O)ccc2C=O)cc1C(=O)C=O. The molecule has 0 radical (unpaired) electrons. The lowest BCUT2D eigenvalue weighted by atomic mass is 10.00. The summed E-state index contributed by atoms with van der Waals surface area (Å²) in [7, 11) is 0. The van der Waals surface area contributed by atoms with E-state index in [4.69, 9.17) is 9.47 Å². The van der Waals surface area contributed by atoms with Crippen LogP contribution in [-0.2, 0) is 37.1 Å². The number of ketones is 2. The van der Waals surface area contributed by atoms with E-state index in [0.717, 1.165) is 17.2 Å². The minimum atomic E-state index is -1.47. The molecular formula is C47H50N6O13. The van der Waals surface area contributed by atoms with E-state index in [2.05, 4.69) is 31.9 Å². The first kappa shape index (κ1) is 50.4. The van der Waals surface area contributed by atoms with Crippen molar-refractivity contribution in [1.82, 2.24) is 21.3 Å². The number of aldehydes is 2. The Bertz CT molecular complexity index is 2380. The molecule has 19 heteroatoms. The largest absolute Gasteiger partial charge is 0.465 e. The summed E-state index contributed by atoms with van der Waals surface area (Å²) in [6.45, 7) is 1.67. The van der Waals surface area contributed by atoms with Gasteiger partial charge in [0.15, 0.2) is 18.4 Å². The molecule has 4 rings (SSSR count). The van der Waals surface area contributed by atoms with Gasteiger partial charge < -0.3 is 46.5 Å². The smallest absolute Gasteiger partial charge is 0.407 e. The maximum atomic E-state index is 13.9. The summed E-state index contributed by atoms with van der Waals surface area (Å²) in [5.74, 6) is -3.97. The summed E-state index contributed by atoms with van der Waals surface area (Å²) in [5.41, 5.74) is 0.979. The van der Waals surface area contributed by atoms with Crippen molar-refractivity contribution in [2.75, 3.05) is 23.7 Å². The van der Waals surface area contributed by atoms with Gasteiger partial charge in [0, 0.05) is 41.2 Å². The standard InChI is InChI=1S/C47H50N6O13/c1-30(56)36-21-20-35(25-38(36)41(57)27-55)51-43(59)39(16-8-10-22-48-46(63)65-28-31-12-4-2-5-13-31)52-42(58)37-24-34(19-18-33(37)26-54)50-44(60)40(53-45(61)62)17-9-11-23-49-47(64)66-29-32-14-6-3-7-15-32/h2-7,12-15,18-21,24-27,39-40,53H,8-11,16-17,22-23,28-29H2,1H3,(H,48,63)(H,49,64)(H,50,60)(H,51,59)(H,52,58)(H,61,62). The van der Waals surface area contributed by atoms with Crippen molar-refractivity contribution in [2.45, 2.75) is 70.7 Å². The van der Waals surface area contributed by atoms with Gasteiger partial charge >= 0.3 is 18.3 Å². The number of benzene rings is 4. The minimum Gasteiger partial charge on any atom is -0.465 e. The number of alkyl carbamates (subject to hydrolysis) is 2. The Morgan fingerprint density at radius 2 is 1.08 bits per heavy atom. The molecule has 0 spiro atoms. The van der Waals surface area contributed by atoms with Crippen LogP contribution in [-0.4, -0.2) is 90.4 Å². The van der Waals surface area contributed by atoms with Crippen molar-refractivity contribution < 1.29 is 62.5 Å². The number of carbonyl (C=O) groups excluding carboxylic acids is 9. The van der Waals surface area contributed by atoms with Gasteiger partial charge in [-0.05, 0) is 93.0 Å². The summed E-state index contributed by atoms with van der Waals surface area (Å²) in [6, 6.07) is 23.1. The fourth-order valence-corrected chi connectivity index (χ4v) is 6.39. The highest BCUT2D eigenvalue weighted by Crippen LogP contribution is 2.20. The second kappa shape index (κ2) is 26.4. The maximum Gasteiger partial charge on any atom is 0.407 e. The molecule has 0 aromatic heterocycles. The lowest BCUT2D eigenvalue weighted by Crippen LogP contribution is -2.44. The molecule has 7 N–H and O–H groups in total. The molecule has 0 aliphatic rings. The highest BCUT2D eigenvalue weighted by Gasteiger charge is 2.26. The number of carbonyl (C=O) groups is 10. The molecule has 0 heterocycles. The number of Topliss-reactive ketones (excluding diaryl/α,β-unsaturated/α-hetero) is 2. The molecule has 6 amide bonds. The minimum absolute atomic E-state index is 0.0102. The Kier molecular flexibility index (Phi) is 20.2. The topological polar surface area (TPSA) is 282 Å². The molecule has 0 aliphatic heterocycles. The second-order valence-corrected chi connectivity index (χ2v) is 14.7. The van der Waals surface area contributed by atoms with Crippen LogP contribution >= 0.6 is 0 Å². The summed E-state index contributed by atoms with van der Waals surface area (Å²) in [6.07, 6.45) is -1.07. The molecule has 2 atom stereocenters. The van der Waals surface area contributed by atoms with E-state index in [9.17, 15) is 53.1 Å². The van der Waals surface area contributed by atoms with E-state index in [1.165, 1.54) is 37.3 Å². The Hall–Kier alpha value is -8.22.